The normalized spacial score (nSPS) is 24.7. The molecular weight excluding hydrogens is 232 g/mol. The molecule has 2 heteroatoms. The largest absolute Gasteiger partial charge is 0.323 e. The summed E-state index contributed by atoms with van der Waals surface area (Å²) in [4.78, 5) is 2.56. The topological polar surface area (TPSA) is 29.3 Å². The molecule has 0 aromatic heterocycles. The molecule has 2 N–H and O–H groups in total. The fraction of sp³-hybridized carbons (Fsp3) is 0.647. The zero-order valence-corrected chi connectivity index (χ0v) is 11.9. The molecule has 1 aliphatic carbocycles. The van der Waals surface area contributed by atoms with E-state index in [4.69, 9.17) is 5.73 Å². The van der Waals surface area contributed by atoms with Crippen molar-refractivity contribution in [2.45, 2.75) is 44.6 Å². The van der Waals surface area contributed by atoms with Gasteiger partial charge < -0.3 is 10.6 Å². The minimum absolute atomic E-state index is 0.171. The summed E-state index contributed by atoms with van der Waals surface area (Å²) in [6.07, 6.45) is 8.68. The van der Waals surface area contributed by atoms with E-state index in [1.807, 2.05) is 0 Å². The second-order valence-corrected chi connectivity index (χ2v) is 6.60. The second-order valence-electron chi connectivity index (χ2n) is 6.60. The summed E-state index contributed by atoms with van der Waals surface area (Å²) < 4.78 is 0. The Labute approximate surface area is 117 Å². The van der Waals surface area contributed by atoms with Gasteiger partial charge in [-0.25, -0.2) is 0 Å². The lowest BCUT2D eigenvalue weighted by atomic mass is 9.73. The molecule has 1 spiro atoms. The number of rotatable bonds is 3. The molecule has 2 fully saturated rings. The lowest BCUT2D eigenvalue weighted by Gasteiger charge is -2.51. The number of hydrogen-bond donors (Lipinski definition) is 1. The Balaban J connectivity index is 1.51. The van der Waals surface area contributed by atoms with Gasteiger partial charge in [0.2, 0.25) is 0 Å². The standard InChI is InChI=1S/C17H26N2/c18-16(15-8-4-3-5-9-15)12-19-13-17(14-19)10-6-1-2-7-11-17/h3-5,8-9,16H,1-2,6-7,10-14,18H2. The lowest BCUT2D eigenvalue weighted by molar-refractivity contribution is -0.0151. The molecule has 1 aliphatic heterocycles. The van der Waals surface area contributed by atoms with Gasteiger partial charge in [0.15, 0.2) is 0 Å². The predicted octanol–water partition coefficient (Wildman–Crippen LogP) is 3.34. The maximum Gasteiger partial charge on any atom is 0.0424 e. The molecule has 2 nitrogen and oxygen atoms in total. The first-order chi connectivity index (χ1) is 9.27. The van der Waals surface area contributed by atoms with E-state index in [9.17, 15) is 0 Å². The van der Waals surface area contributed by atoms with Gasteiger partial charge in [-0.05, 0) is 23.8 Å². The van der Waals surface area contributed by atoms with Crippen LogP contribution in [-0.4, -0.2) is 24.5 Å². The molecule has 0 bridgehead atoms. The van der Waals surface area contributed by atoms with Crippen LogP contribution in [0, 0.1) is 5.41 Å². The Bertz CT molecular complexity index is 385. The fourth-order valence-corrected chi connectivity index (χ4v) is 3.91. The molecule has 1 saturated heterocycles. The van der Waals surface area contributed by atoms with Gasteiger partial charge in [-0.2, -0.15) is 0 Å². The average Bonchev–Trinajstić information content (AvgIpc) is 2.65. The third-order valence-electron chi connectivity index (χ3n) is 4.96. The Hall–Kier alpha value is -0.860. The monoisotopic (exact) mass is 258 g/mol. The van der Waals surface area contributed by atoms with Crippen LogP contribution < -0.4 is 5.73 Å². The maximum absolute atomic E-state index is 6.31. The molecule has 3 rings (SSSR count). The quantitative estimate of drug-likeness (QED) is 0.901. The molecule has 1 aromatic carbocycles. The number of hydrogen-bond acceptors (Lipinski definition) is 2. The molecule has 104 valence electrons. The number of benzene rings is 1. The van der Waals surface area contributed by atoms with Gasteiger partial charge in [-0.15, -0.1) is 0 Å². The van der Waals surface area contributed by atoms with Crippen LogP contribution in [0.4, 0.5) is 0 Å². The molecular formula is C17H26N2. The van der Waals surface area contributed by atoms with Crippen LogP contribution in [0.1, 0.15) is 50.1 Å². The molecule has 1 heterocycles. The van der Waals surface area contributed by atoms with Crippen molar-refractivity contribution in [2.24, 2.45) is 11.1 Å². The zero-order chi connectivity index (χ0) is 13.1. The summed E-state index contributed by atoms with van der Waals surface area (Å²) in [5.41, 5.74) is 8.24. The lowest BCUT2D eigenvalue weighted by Crippen LogP contribution is -2.57. The molecule has 0 amide bonds. The first kappa shape index (κ1) is 13.1. The van der Waals surface area contributed by atoms with E-state index in [1.165, 1.54) is 57.2 Å². The van der Waals surface area contributed by atoms with Crippen molar-refractivity contribution in [3.63, 3.8) is 0 Å². The molecule has 1 unspecified atom stereocenters. The number of likely N-dealkylation sites (tertiary alicyclic amines) is 1. The molecule has 1 saturated carbocycles. The number of nitrogens with zero attached hydrogens (tertiary/aromatic N) is 1. The van der Waals surface area contributed by atoms with Crippen LogP contribution in [0.3, 0.4) is 0 Å². The van der Waals surface area contributed by atoms with Crippen molar-refractivity contribution in [1.29, 1.82) is 0 Å². The van der Waals surface area contributed by atoms with Gasteiger partial charge in [0, 0.05) is 25.7 Å². The molecule has 1 atom stereocenters. The minimum Gasteiger partial charge on any atom is -0.323 e. The van der Waals surface area contributed by atoms with Gasteiger partial charge in [-0.1, -0.05) is 56.0 Å². The van der Waals surface area contributed by atoms with Crippen molar-refractivity contribution < 1.29 is 0 Å². The van der Waals surface area contributed by atoms with E-state index in [2.05, 4.69) is 35.2 Å². The SMILES string of the molecule is NC(CN1CC2(CCCCCC2)C1)c1ccccc1. The van der Waals surface area contributed by atoms with Crippen LogP contribution >= 0.6 is 0 Å². The molecule has 1 aromatic rings. The molecule has 2 aliphatic rings. The highest BCUT2D eigenvalue weighted by molar-refractivity contribution is 5.19. The smallest absolute Gasteiger partial charge is 0.0424 e. The van der Waals surface area contributed by atoms with Crippen LogP contribution in [-0.2, 0) is 0 Å². The fourth-order valence-electron chi connectivity index (χ4n) is 3.91. The Morgan fingerprint density at radius 1 is 1.00 bits per heavy atom. The Kier molecular flexibility index (Phi) is 3.90. The van der Waals surface area contributed by atoms with Crippen LogP contribution in [0.15, 0.2) is 30.3 Å². The molecule has 0 radical (unpaired) electrons. The summed E-state index contributed by atoms with van der Waals surface area (Å²) >= 11 is 0. The Morgan fingerprint density at radius 2 is 1.63 bits per heavy atom. The highest BCUT2D eigenvalue weighted by atomic mass is 15.2. The zero-order valence-electron chi connectivity index (χ0n) is 11.9. The van der Waals surface area contributed by atoms with Gasteiger partial charge in [0.1, 0.15) is 0 Å². The first-order valence-electron chi connectivity index (χ1n) is 7.80. The highest BCUT2D eigenvalue weighted by Crippen LogP contribution is 2.43. The second kappa shape index (κ2) is 5.64. The van der Waals surface area contributed by atoms with E-state index < -0.39 is 0 Å². The Morgan fingerprint density at radius 3 is 2.26 bits per heavy atom. The van der Waals surface area contributed by atoms with Crippen molar-refractivity contribution in [3.05, 3.63) is 35.9 Å². The average molecular weight is 258 g/mol. The van der Waals surface area contributed by atoms with E-state index in [-0.39, 0.29) is 6.04 Å². The van der Waals surface area contributed by atoms with E-state index in [0.29, 0.717) is 5.41 Å². The maximum atomic E-state index is 6.31. The minimum atomic E-state index is 0.171. The van der Waals surface area contributed by atoms with Crippen LogP contribution in [0.2, 0.25) is 0 Å². The summed E-state index contributed by atoms with van der Waals surface area (Å²) in [5, 5.41) is 0. The van der Waals surface area contributed by atoms with E-state index >= 15 is 0 Å². The third kappa shape index (κ3) is 3.01. The van der Waals surface area contributed by atoms with E-state index in [0.717, 1.165) is 6.54 Å². The summed E-state index contributed by atoms with van der Waals surface area (Å²) in [5.74, 6) is 0. The third-order valence-corrected chi connectivity index (χ3v) is 4.96. The predicted molar refractivity (Wildman–Crippen MR) is 79.9 cm³/mol. The van der Waals surface area contributed by atoms with Crippen molar-refractivity contribution in [2.75, 3.05) is 19.6 Å². The summed E-state index contributed by atoms with van der Waals surface area (Å²) in [6, 6.07) is 10.7. The van der Waals surface area contributed by atoms with Crippen LogP contribution in [0.25, 0.3) is 0 Å². The van der Waals surface area contributed by atoms with Crippen LogP contribution in [0.5, 0.6) is 0 Å². The first-order valence-corrected chi connectivity index (χ1v) is 7.80. The van der Waals surface area contributed by atoms with Crippen molar-refractivity contribution in [1.82, 2.24) is 4.90 Å². The van der Waals surface area contributed by atoms with E-state index in [1.54, 1.807) is 0 Å². The van der Waals surface area contributed by atoms with Crippen molar-refractivity contribution in [3.8, 4) is 0 Å². The summed E-state index contributed by atoms with van der Waals surface area (Å²) in [6.45, 7) is 3.59. The highest BCUT2D eigenvalue weighted by Gasteiger charge is 2.42. The number of nitrogens with two attached hydrogens (primary N) is 1. The van der Waals surface area contributed by atoms with Gasteiger partial charge in [-0.3, -0.25) is 0 Å². The van der Waals surface area contributed by atoms with Gasteiger partial charge >= 0.3 is 0 Å². The van der Waals surface area contributed by atoms with Gasteiger partial charge in [0.05, 0.1) is 0 Å². The summed E-state index contributed by atoms with van der Waals surface area (Å²) in [7, 11) is 0. The van der Waals surface area contributed by atoms with Gasteiger partial charge in [0.25, 0.3) is 0 Å². The molecule has 19 heavy (non-hydrogen) atoms. The van der Waals surface area contributed by atoms with Crippen molar-refractivity contribution >= 4 is 0 Å².